The Morgan fingerprint density at radius 1 is 1.31 bits per heavy atom. The van der Waals surface area contributed by atoms with Crippen LogP contribution in [-0.2, 0) is 6.42 Å². The van der Waals surface area contributed by atoms with E-state index in [1.165, 1.54) is 22.0 Å². The van der Waals surface area contributed by atoms with Crippen LogP contribution in [0.2, 0.25) is 0 Å². The van der Waals surface area contributed by atoms with Crippen molar-refractivity contribution in [3.63, 3.8) is 0 Å². The van der Waals surface area contributed by atoms with Gasteiger partial charge >= 0.3 is 0 Å². The van der Waals surface area contributed by atoms with Gasteiger partial charge in [-0.1, -0.05) is 6.92 Å². The van der Waals surface area contributed by atoms with Crippen molar-refractivity contribution in [2.24, 2.45) is 0 Å². The van der Waals surface area contributed by atoms with E-state index >= 15 is 0 Å². The van der Waals surface area contributed by atoms with Crippen LogP contribution in [0.15, 0.2) is 0 Å². The van der Waals surface area contributed by atoms with Crippen LogP contribution >= 0.6 is 11.3 Å². The summed E-state index contributed by atoms with van der Waals surface area (Å²) in [6, 6.07) is 0. The molecule has 0 saturated heterocycles. The number of nitrogens with zero attached hydrogens (tertiary/aromatic N) is 1. The Bertz CT molecular complexity index is 340. The summed E-state index contributed by atoms with van der Waals surface area (Å²) >= 11 is 1.90. The van der Waals surface area contributed by atoms with Crippen LogP contribution in [0, 0.1) is 6.92 Å². The first-order valence-electron chi connectivity index (χ1n) is 6.35. The largest absolute Gasteiger partial charge is 0.393 e. The van der Waals surface area contributed by atoms with Crippen LogP contribution in [0.4, 0.5) is 0 Å². The summed E-state index contributed by atoms with van der Waals surface area (Å²) in [6.45, 7) is 4.34. The minimum Gasteiger partial charge on any atom is -0.393 e. The van der Waals surface area contributed by atoms with Gasteiger partial charge in [-0.15, -0.1) is 11.3 Å². The van der Waals surface area contributed by atoms with Crippen LogP contribution in [0.25, 0.3) is 0 Å². The quantitative estimate of drug-likeness (QED) is 0.876. The predicted octanol–water partition coefficient (Wildman–Crippen LogP) is 3.42. The molecule has 0 aliphatic heterocycles. The first-order chi connectivity index (χ1) is 7.70. The molecule has 3 heteroatoms. The third-order valence-electron chi connectivity index (χ3n) is 3.41. The highest BCUT2D eigenvalue weighted by atomic mass is 32.1. The third-order valence-corrected chi connectivity index (χ3v) is 4.79. The zero-order valence-corrected chi connectivity index (χ0v) is 11.0. The number of aliphatic hydroxyl groups excluding tert-OH is 1. The fourth-order valence-electron chi connectivity index (χ4n) is 2.50. The Kier molecular flexibility index (Phi) is 3.98. The molecule has 16 heavy (non-hydrogen) atoms. The van der Waals surface area contributed by atoms with Gasteiger partial charge in [0.1, 0.15) is 0 Å². The summed E-state index contributed by atoms with van der Waals surface area (Å²) in [6.07, 6.45) is 6.43. The van der Waals surface area contributed by atoms with E-state index < -0.39 is 0 Å². The Morgan fingerprint density at radius 2 is 2.00 bits per heavy atom. The molecule has 1 aromatic rings. The lowest BCUT2D eigenvalue weighted by Gasteiger charge is -2.24. The van der Waals surface area contributed by atoms with E-state index in [2.05, 4.69) is 18.8 Å². The molecule has 2 nitrogen and oxygen atoms in total. The minimum atomic E-state index is -0.0559. The molecule has 1 N–H and O–H groups in total. The van der Waals surface area contributed by atoms with Gasteiger partial charge in [-0.2, -0.15) is 0 Å². The molecular formula is C13H21NOS. The number of aromatic nitrogens is 1. The van der Waals surface area contributed by atoms with E-state index in [-0.39, 0.29) is 6.10 Å². The predicted molar refractivity (Wildman–Crippen MR) is 68.1 cm³/mol. The summed E-state index contributed by atoms with van der Waals surface area (Å²) < 4.78 is 0. The Labute approximate surface area is 102 Å². The molecule has 0 unspecified atom stereocenters. The first-order valence-corrected chi connectivity index (χ1v) is 7.16. The molecule has 1 fully saturated rings. The van der Waals surface area contributed by atoms with Gasteiger partial charge in [0.05, 0.1) is 16.8 Å². The van der Waals surface area contributed by atoms with E-state index in [1.54, 1.807) is 0 Å². The second-order valence-electron chi connectivity index (χ2n) is 4.81. The number of rotatable bonds is 3. The van der Waals surface area contributed by atoms with Crippen molar-refractivity contribution >= 4 is 11.3 Å². The summed E-state index contributed by atoms with van der Waals surface area (Å²) in [7, 11) is 0. The molecule has 0 amide bonds. The highest BCUT2D eigenvalue weighted by molar-refractivity contribution is 7.11. The van der Waals surface area contributed by atoms with Crippen LogP contribution < -0.4 is 0 Å². The van der Waals surface area contributed by atoms with Gasteiger partial charge in [-0.3, -0.25) is 0 Å². The van der Waals surface area contributed by atoms with Crippen LogP contribution in [-0.4, -0.2) is 16.2 Å². The number of thiazole rings is 1. The maximum absolute atomic E-state index is 9.52. The average molecular weight is 239 g/mol. The van der Waals surface area contributed by atoms with E-state index in [9.17, 15) is 5.11 Å². The van der Waals surface area contributed by atoms with Gasteiger partial charge in [-0.25, -0.2) is 4.98 Å². The normalized spacial score (nSPS) is 25.9. The molecule has 1 aromatic heterocycles. The van der Waals surface area contributed by atoms with Crippen molar-refractivity contribution in [1.82, 2.24) is 4.98 Å². The van der Waals surface area contributed by atoms with Crippen LogP contribution in [0.1, 0.15) is 60.5 Å². The Hall–Kier alpha value is -0.410. The van der Waals surface area contributed by atoms with Crippen LogP contribution in [0.3, 0.4) is 0 Å². The zero-order valence-electron chi connectivity index (χ0n) is 10.2. The highest BCUT2D eigenvalue weighted by Crippen LogP contribution is 2.37. The monoisotopic (exact) mass is 239 g/mol. The molecule has 0 aromatic carbocycles. The third kappa shape index (κ3) is 2.64. The summed E-state index contributed by atoms with van der Waals surface area (Å²) in [5.41, 5.74) is 1.23. The van der Waals surface area contributed by atoms with Crippen molar-refractivity contribution < 1.29 is 5.11 Å². The fourth-order valence-corrected chi connectivity index (χ4v) is 3.84. The number of hydrogen-bond acceptors (Lipinski definition) is 3. The molecule has 1 aliphatic rings. The Balaban J connectivity index is 2.08. The second kappa shape index (κ2) is 5.28. The van der Waals surface area contributed by atoms with E-state index in [0.29, 0.717) is 5.92 Å². The van der Waals surface area contributed by atoms with Crippen molar-refractivity contribution in [2.45, 2.75) is 64.4 Å². The van der Waals surface area contributed by atoms with Gasteiger partial charge in [-0.05, 0) is 51.4 Å². The smallest absolute Gasteiger partial charge is 0.0930 e. The van der Waals surface area contributed by atoms with E-state index in [4.69, 9.17) is 0 Å². The van der Waals surface area contributed by atoms with E-state index in [1.807, 2.05) is 11.3 Å². The average Bonchev–Trinajstić information content (AvgIpc) is 2.61. The van der Waals surface area contributed by atoms with Crippen molar-refractivity contribution in [3.05, 3.63) is 15.6 Å². The standard InChI is InChI=1S/C13H21NOS/c1-3-4-12-14-9(2)13(16-12)10-5-7-11(15)8-6-10/h10-11,15H,3-8H2,1-2H3. The molecule has 1 saturated carbocycles. The maximum Gasteiger partial charge on any atom is 0.0930 e. The van der Waals surface area contributed by atoms with Gasteiger partial charge in [0.2, 0.25) is 0 Å². The molecular weight excluding hydrogens is 218 g/mol. The van der Waals surface area contributed by atoms with Crippen molar-refractivity contribution in [3.8, 4) is 0 Å². The molecule has 0 atom stereocenters. The lowest BCUT2D eigenvalue weighted by molar-refractivity contribution is 0.123. The molecule has 1 heterocycles. The zero-order chi connectivity index (χ0) is 11.5. The van der Waals surface area contributed by atoms with Gasteiger partial charge in [0.15, 0.2) is 0 Å². The lowest BCUT2D eigenvalue weighted by Crippen LogP contribution is -2.16. The SMILES string of the molecule is CCCc1nc(C)c(C2CCC(O)CC2)s1. The second-order valence-corrected chi connectivity index (χ2v) is 5.93. The molecule has 1 aliphatic carbocycles. The number of aliphatic hydroxyl groups is 1. The molecule has 2 rings (SSSR count). The molecule has 0 spiro atoms. The Morgan fingerprint density at radius 3 is 2.62 bits per heavy atom. The maximum atomic E-state index is 9.52. The molecule has 90 valence electrons. The topological polar surface area (TPSA) is 33.1 Å². The minimum absolute atomic E-state index is 0.0559. The van der Waals surface area contributed by atoms with Gasteiger partial charge < -0.3 is 5.11 Å². The molecule has 0 bridgehead atoms. The molecule has 0 radical (unpaired) electrons. The summed E-state index contributed by atoms with van der Waals surface area (Å²) in [5.74, 6) is 0.659. The number of aryl methyl sites for hydroxylation is 2. The van der Waals surface area contributed by atoms with Gasteiger partial charge in [0, 0.05) is 4.88 Å². The summed E-state index contributed by atoms with van der Waals surface area (Å²) in [5, 5.41) is 10.8. The number of hydrogen-bond donors (Lipinski definition) is 1. The fraction of sp³-hybridized carbons (Fsp3) is 0.769. The summed E-state index contributed by atoms with van der Waals surface area (Å²) in [4.78, 5) is 6.13. The lowest BCUT2D eigenvalue weighted by atomic mass is 9.86. The van der Waals surface area contributed by atoms with Crippen molar-refractivity contribution in [2.75, 3.05) is 0 Å². The highest BCUT2D eigenvalue weighted by Gasteiger charge is 2.24. The van der Waals surface area contributed by atoms with E-state index in [0.717, 1.165) is 32.1 Å². The van der Waals surface area contributed by atoms with Crippen LogP contribution in [0.5, 0.6) is 0 Å². The van der Waals surface area contributed by atoms with Crippen molar-refractivity contribution in [1.29, 1.82) is 0 Å². The first kappa shape index (κ1) is 12.1. The van der Waals surface area contributed by atoms with Gasteiger partial charge in [0.25, 0.3) is 0 Å².